The summed E-state index contributed by atoms with van der Waals surface area (Å²) in [6, 6.07) is 5.35. The van der Waals surface area contributed by atoms with Crippen LogP contribution in [0.5, 0.6) is 0 Å². The molecule has 0 aliphatic carbocycles. The van der Waals surface area contributed by atoms with Gasteiger partial charge in [-0.2, -0.15) is 0 Å². The second-order valence-electron chi connectivity index (χ2n) is 6.01. The molecule has 1 atom stereocenters. The lowest BCUT2D eigenvalue weighted by Crippen LogP contribution is -2.52. The molecule has 0 saturated carbocycles. The maximum Gasteiger partial charge on any atom is 0.255 e. The molecule has 1 aromatic rings. The number of hydrogen-bond acceptors (Lipinski definition) is 4. The molecule has 3 rings (SSSR count). The summed E-state index contributed by atoms with van der Waals surface area (Å²) in [5.74, 6) is 0.457. The van der Waals surface area contributed by atoms with Crippen LogP contribution in [0.15, 0.2) is 22.7 Å². The molecule has 126 valence electrons. The lowest BCUT2D eigenvalue weighted by atomic mass is 10.1. The number of sulfone groups is 1. The molecular formula is C15H18BrClN2O3S. The molecular weight excluding hydrogens is 404 g/mol. The van der Waals surface area contributed by atoms with Crippen molar-refractivity contribution in [2.45, 2.75) is 12.5 Å². The molecule has 2 heterocycles. The van der Waals surface area contributed by atoms with E-state index in [0.29, 0.717) is 43.2 Å². The van der Waals surface area contributed by atoms with Crippen LogP contribution in [0.2, 0.25) is 5.02 Å². The van der Waals surface area contributed by atoms with Crippen LogP contribution in [0.25, 0.3) is 0 Å². The zero-order chi connectivity index (χ0) is 16.6. The number of nitrogens with zero attached hydrogens (tertiary/aromatic N) is 2. The molecule has 2 fully saturated rings. The minimum Gasteiger partial charge on any atom is -0.336 e. The number of hydrogen-bond donors (Lipinski definition) is 0. The van der Waals surface area contributed by atoms with E-state index >= 15 is 0 Å². The van der Waals surface area contributed by atoms with Crippen LogP contribution in [-0.2, 0) is 9.84 Å². The van der Waals surface area contributed by atoms with Crippen molar-refractivity contribution in [2.75, 3.05) is 37.7 Å². The van der Waals surface area contributed by atoms with E-state index in [9.17, 15) is 13.2 Å². The summed E-state index contributed by atoms with van der Waals surface area (Å²) in [5, 5.41) is 0.447. The third kappa shape index (κ3) is 3.90. The monoisotopic (exact) mass is 420 g/mol. The van der Waals surface area contributed by atoms with Gasteiger partial charge in [0.2, 0.25) is 0 Å². The van der Waals surface area contributed by atoms with E-state index in [1.54, 1.807) is 23.1 Å². The molecule has 0 bridgehead atoms. The van der Waals surface area contributed by atoms with Crippen molar-refractivity contribution in [3.8, 4) is 0 Å². The van der Waals surface area contributed by atoms with Gasteiger partial charge in [-0.15, -0.1) is 0 Å². The van der Waals surface area contributed by atoms with Crippen molar-refractivity contribution in [3.63, 3.8) is 0 Å². The van der Waals surface area contributed by atoms with Gasteiger partial charge < -0.3 is 4.90 Å². The standard InChI is InChI=1S/C15H18BrClN2O3S/c16-11-1-2-14(17)13(9-11)15(20)19-6-4-18(5-7-19)12-3-8-23(21,22)10-12/h1-2,9,12H,3-8,10H2. The summed E-state index contributed by atoms with van der Waals surface area (Å²) in [6.45, 7) is 2.60. The van der Waals surface area contributed by atoms with Crippen molar-refractivity contribution in [3.05, 3.63) is 33.3 Å². The molecule has 2 aliphatic rings. The lowest BCUT2D eigenvalue weighted by molar-refractivity contribution is 0.0588. The zero-order valence-corrected chi connectivity index (χ0v) is 15.7. The van der Waals surface area contributed by atoms with Gasteiger partial charge >= 0.3 is 0 Å². The Morgan fingerprint density at radius 3 is 2.52 bits per heavy atom. The Morgan fingerprint density at radius 2 is 1.91 bits per heavy atom. The van der Waals surface area contributed by atoms with Crippen LogP contribution in [0, 0.1) is 0 Å². The first-order chi connectivity index (χ1) is 10.9. The van der Waals surface area contributed by atoms with E-state index in [0.717, 1.165) is 4.47 Å². The molecule has 2 aliphatic heterocycles. The molecule has 0 N–H and O–H groups in total. The molecule has 0 aromatic heterocycles. The molecule has 2 saturated heterocycles. The van der Waals surface area contributed by atoms with Gasteiger partial charge in [-0.05, 0) is 24.6 Å². The second-order valence-corrected chi connectivity index (χ2v) is 9.56. The minimum atomic E-state index is -2.87. The Hall–Kier alpha value is -0.630. The first-order valence-corrected chi connectivity index (χ1v) is 10.5. The van der Waals surface area contributed by atoms with Gasteiger partial charge in [0, 0.05) is 36.7 Å². The van der Waals surface area contributed by atoms with Gasteiger partial charge in [0.1, 0.15) is 0 Å². The number of amides is 1. The number of carbonyl (C=O) groups excluding carboxylic acids is 1. The largest absolute Gasteiger partial charge is 0.336 e. The van der Waals surface area contributed by atoms with Gasteiger partial charge in [-0.1, -0.05) is 27.5 Å². The summed E-state index contributed by atoms with van der Waals surface area (Å²) < 4.78 is 24.0. The fourth-order valence-electron chi connectivity index (χ4n) is 3.19. The molecule has 1 aromatic carbocycles. The normalized spacial score (nSPS) is 24.8. The van der Waals surface area contributed by atoms with Crippen LogP contribution >= 0.6 is 27.5 Å². The molecule has 8 heteroatoms. The number of halogens is 2. The average molecular weight is 422 g/mol. The first kappa shape index (κ1) is 17.2. The van der Waals surface area contributed by atoms with E-state index in [1.165, 1.54) is 0 Å². The van der Waals surface area contributed by atoms with Crippen molar-refractivity contribution in [1.82, 2.24) is 9.80 Å². The lowest BCUT2D eigenvalue weighted by Gasteiger charge is -2.37. The Balaban J connectivity index is 1.63. The van der Waals surface area contributed by atoms with Gasteiger partial charge in [-0.25, -0.2) is 8.42 Å². The number of rotatable bonds is 2. The first-order valence-electron chi connectivity index (χ1n) is 7.54. The summed E-state index contributed by atoms with van der Waals surface area (Å²) in [5.41, 5.74) is 0.498. The molecule has 1 amide bonds. The van der Waals surface area contributed by atoms with Crippen molar-refractivity contribution in [1.29, 1.82) is 0 Å². The van der Waals surface area contributed by atoms with E-state index in [2.05, 4.69) is 20.8 Å². The van der Waals surface area contributed by atoms with E-state index < -0.39 is 9.84 Å². The number of piperazine rings is 1. The Labute approximate surface area is 149 Å². The number of carbonyl (C=O) groups is 1. The highest BCUT2D eigenvalue weighted by Crippen LogP contribution is 2.24. The summed E-state index contributed by atoms with van der Waals surface area (Å²) in [7, 11) is -2.87. The highest BCUT2D eigenvalue weighted by Gasteiger charge is 2.34. The van der Waals surface area contributed by atoms with Gasteiger partial charge in [0.05, 0.1) is 22.1 Å². The molecule has 23 heavy (non-hydrogen) atoms. The highest BCUT2D eigenvalue weighted by molar-refractivity contribution is 9.10. The predicted octanol–water partition coefficient (Wildman–Crippen LogP) is 2.05. The van der Waals surface area contributed by atoms with E-state index in [1.807, 2.05) is 0 Å². The van der Waals surface area contributed by atoms with Gasteiger partial charge in [-0.3, -0.25) is 9.69 Å². The van der Waals surface area contributed by atoms with E-state index in [-0.39, 0.29) is 23.5 Å². The summed E-state index contributed by atoms with van der Waals surface area (Å²) in [4.78, 5) is 16.6. The Bertz CT molecular complexity index is 717. The quantitative estimate of drug-likeness (QED) is 0.733. The van der Waals surface area contributed by atoms with Gasteiger partial charge in [0.25, 0.3) is 5.91 Å². The fraction of sp³-hybridized carbons (Fsp3) is 0.533. The zero-order valence-electron chi connectivity index (χ0n) is 12.5. The van der Waals surface area contributed by atoms with Crippen LogP contribution in [0.3, 0.4) is 0 Å². The molecule has 0 radical (unpaired) electrons. The maximum absolute atomic E-state index is 12.6. The smallest absolute Gasteiger partial charge is 0.255 e. The van der Waals surface area contributed by atoms with Crippen molar-refractivity contribution in [2.24, 2.45) is 0 Å². The van der Waals surface area contributed by atoms with E-state index in [4.69, 9.17) is 11.6 Å². The molecule has 1 unspecified atom stereocenters. The van der Waals surface area contributed by atoms with Crippen molar-refractivity contribution >= 4 is 43.3 Å². The van der Waals surface area contributed by atoms with Crippen molar-refractivity contribution < 1.29 is 13.2 Å². The molecule has 5 nitrogen and oxygen atoms in total. The third-order valence-electron chi connectivity index (χ3n) is 4.49. The number of benzene rings is 1. The minimum absolute atomic E-state index is 0.0741. The topological polar surface area (TPSA) is 57.7 Å². The summed E-state index contributed by atoms with van der Waals surface area (Å²) in [6.07, 6.45) is 0.702. The van der Waals surface area contributed by atoms with Crippen LogP contribution in [0.4, 0.5) is 0 Å². The fourth-order valence-corrected chi connectivity index (χ4v) is 5.51. The Kier molecular flexibility index (Phi) is 5.01. The summed E-state index contributed by atoms with van der Waals surface area (Å²) >= 11 is 9.49. The SMILES string of the molecule is O=C(c1cc(Br)ccc1Cl)N1CCN(C2CCS(=O)(=O)C2)CC1. The predicted molar refractivity (Wildman–Crippen MR) is 93.7 cm³/mol. The highest BCUT2D eigenvalue weighted by atomic mass is 79.9. The van der Waals surface area contributed by atoms with Crippen LogP contribution < -0.4 is 0 Å². The third-order valence-corrected chi connectivity index (χ3v) is 7.06. The average Bonchev–Trinajstić information content (AvgIpc) is 2.89. The van der Waals surface area contributed by atoms with Gasteiger partial charge in [0.15, 0.2) is 9.84 Å². The second kappa shape index (κ2) is 6.70. The van der Waals surface area contributed by atoms with Crippen LogP contribution in [0.1, 0.15) is 16.8 Å². The van der Waals surface area contributed by atoms with Crippen LogP contribution in [-0.4, -0.2) is 67.9 Å². The Morgan fingerprint density at radius 1 is 1.22 bits per heavy atom. The maximum atomic E-state index is 12.6. The molecule has 0 spiro atoms.